The number of aliphatic carboxylic acids is 1. The van der Waals surface area contributed by atoms with E-state index >= 15 is 0 Å². The van der Waals surface area contributed by atoms with Gasteiger partial charge in [0.15, 0.2) is 0 Å². The highest BCUT2D eigenvalue weighted by atomic mass is 32.1. The summed E-state index contributed by atoms with van der Waals surface area (Å²) in [5, 5.41) is 10.7. The summed E-state index contributed by atoms with van der Waals surface area (Å²) < 4.78 is 0. The highest BCUT2D eigenvalue weighted by Crippen LogP contribution is 2.21. The Morgan fingerprint density at radius 1 is 1.33 bits per heavy atom. The summed E-state index contributed by atoms with van der Waals surface area (Å²) >= 11 is 1.70. The lowest BCUT2D eigenvalue weighted by Crippen LogP contribution is -2.53. The van der Waals surface area contributed by atoms with Gasteiger partial charge in [-0.05, 0) is 43.9 Å². The van der Waals surface area contributed by atoms with E-state index in [-0.39, 0.29) is 5.54 Å². The highest BCUT2D eigenvalue weighted by molar-refractivity contribution is 7.10. The third-order valence-electron chi connectivity index (χ3n) is 3.79. The molecule has 1 aliphatic rings. The van der Waals surface area contributed by atoms with Gasteiger partial charge in [-0.25, -0.2) is 4.79 Å². The Morgan fingerprint density at radius 3 is 2.57 bits per heavy atom. The van der Waals surface area contributed by atoms with Gasteiger partial charge in [-0.3, -0.25) is 9.80 Å². The molecule has 0 aromatic carbocycles. The molecule has 1 aliphatic heterocycles. The van der Waals surface area contributed by atoms with Gasteiger partial charge in [-0.1, -0.05) is 0 Å². The van der Waals surface area contributed by atoms with Crippen LogP contribution in [0.25, 0.3) is 6.08 Å². The number of carbonyl (C=O) groups is 1. The number of nitrogens with zero attached hydrogens (tertiary/aromatic N) is 2. The second-order valence-electron chi connectivity index (χ2n) is 6.45. The highest BCUT2D eigenvalue weighted by Gasteiger charge is 2.25. The molecule has 4 nitrogen and oxygen atoms in total. The molecule has 0 amide bonds. The zero-order valence-electron chi connectivity index (χ0n) is 13.0. The minimum Gasteiger partial charge on any atom is -0.478 e. The average molecular weight is 308 g/mol. The van der Waals surface area contributed by atoms with Gasteiger partial charge < -0.3 is 5.11 Å². The van der Waals surface area contributed by atoms with Gasteiger partial charge >= 0.3 is 5.97 Å². The van der Waals surface area contributed by atoms with E-state index < -0.39 is 5.97 Å². The van der Waals surface area contributed by atoms with E-state index in [1.54, 1.807) is 17.4 Å². The molecule has 0 saturated carbocycles. The number of carboxylic acid groups (broad SMARTS) is 1. The van der Waals surface area contributed by atoms with Crippen molar-refractivity contribution in [1.82, 2.24) is 9.80 Å². The van der Waals surface area contributed by atoms with Gasteiger partial charge in [-0.15, -0.1) is 11.3 Å². The Balaban J connectivity index is 1.85. The molecule has 2 heterocycles. The summed E-state index contributed by atoms with van der Waals surface area (Å²) in [4.78, 5) is 16.8. The molecular formula is C16H24N2O2S. The lowest BCUT2D eigenvalue weighted by atomic mass is 10.1. The molecule has 116 valence electrons. The Bertz CT molecular complexity index is 509. The van der Waals surface area contributed by atoms with Crippen molar-refractivity contribution in [3.8, 4) is 0 Å². The summed E-state index contributed by atoms with van der Waals surface area (Å²) in [7, 11) is 0. The maximum atomic E-state index is 10.5. The Labute approximate surface area is 130 Å². The molecule has 1 saturated heterocycles. The van der Waals surface area contributed by atoms with Crippen molar-refractivity contribution >= 4 is 23.4 Å². The third kappa shape index (κ3) is 4.95. The van der Waals surface area contributed by atoms with E-state index in [4.69, 9.17) is 5.11 Å². The van der Waals surface area contributed by atoms with E-state index in [0.717, 1.165) is 38.3 Å². The third-order valence-corrected chi connectivity index (χ3v) is 4.73. The molecule has 1 aromatic heterocycles. The lowest BCUT2D eigenvalue weighted by molar-refractivity contribution is -0.131. The number of thiophene rings is 1. The van der Waals surface area contributed by atoms with Crippen molar-refractivity contribution in [2.24, 2.45) is 0 Å². The van der Waals surface area contributed by atoms with Crippen LogP contribution in [-0.2, 0) is 11.3 Å². The Morgan fingerprint density at radius 2 is 2.00 bits per heavy atom. The van der Waals surface area contributed by atoms with E-state index in [9.17, 15) is 4.79 Å². The summed E-state index contributed by atoms with van der Waals surface area (Å²) in [6, 6.07) is 2.08. The summed E-state index contributed by atoms with van der Waals surface area (Å²) in [6.07, 6.45) is 2.84. The maximum Gasteiger partial charge on any atom is 0.328 e. The predicted octanol–water partition coefficient (Wildman–Crippen LogP) is 2.76. The first-order valence-corrected chi connectivity index (χ1v) is 8.18. The normalized spacial score (nSPS) is 18.4. The van der Waals surface area contributed by atoms with Crippen LogP contribution in [0.5, 0.6) is 0 Å². The fourth-order valence-electron chi connectivity index (χ4n) is 2.53. The fraction of sp³-hybridized carbons (Fsp3) is 0.562. The molecule has 0 radical (unpaired) electrons. The summed E-state index contributed by atoms with van der Waals surface area (Å²) in [5.41, 5.74) is 1.23. The largest absolute Gasteiger partial charge is 0.478 e. The first-order chi connectivity index (χ1) is 9.84. The number of rotatable bonds is 4. The van der Waals surface area contributed by atoms with Gasteiger partial charge in [0.25, 0.3) is 0 Å². The summed E-state index contributed by atoms with van der Waals surface area (Å²) in [5.74, 6) is -0.902. The van der Waals surface area contributed by atoms with Gasteiger partial charge in [-0.2, -0.15) is 0 Å². The number of piperazine rings is 1. The fourth-order valence-corrected chi connectivity index (χ4v) is 3.43. The van der Waals surface area contributed by atoms with E-state index in [1.807, 2.05) is 5.38 Å². The zero-order valence-corrected chi connectivity index (χ0v) is 13.8. The Kier molecular flexibility index (Phi) is 5.19. The van der Waals surface area contributed by atoms with Crippen LogP contribution in [0, 0.1) is 0 Å². The van der Waals surface area contributed by atoms with Crippen LogP contribution in [0.15, 0.2) is 17.5 Å². The second-order valence-corrected chi connectivity index (χ2v) is 7.45. The zero-order chi connectivity index (χ0) is 15.5. The van der Waals surface area contributed by atoms with E-state index in [0.29, 0.717) is 0 Å². The molecule has 0 spiro atoms. The van der Waals surface area contributed by atoms with Crippen molar-refractivity contribution in [3.05, 3.63) is 28.0 Å². The number of hydrogen-bond donors (Lipinski definition) is 1. The van der Waals surface area contributed by atoms with Gasteiger partial charge in [0.2, 0.25) is 0 Å². The molecule has 1 N–H and O–H groups in total. The first kappa shape index (κ1) is 16.2. The monoisotopic (exact) mass is 308 g/mol. The van der Waals surface area contributed by atoms with Crippen LogP contribution in [-0.4, -0.2) is 52.6 Å². The molecule has 1 aromatic rings. The molecule has 1 fully saturated rings. The van der Waals surface area contributed by atoms with Crippen molar-refractivity contribution < 1.29 is 9.90 Å². The molecular weight excluding hydrogens is 284 g/mol. The van der Waals surface area contributed by atoms with E-state index in [2.05, 4.69) is 36.6 Å². The minimum atomic E-state index is -0.902. The molecule has 21 heavy (non-hydrogen) atoms. The van der Waals surface area contributed by atoms with Crippen LogP contribution in [0.4, 0.5) is 0 Å². The van der Waals surface area contributed by atoms with Crippen LogP contribution >= 0.6 is 11.3 Å². The molecule has 0 aliphatic carbocycles. The smallest absolute Gasteiger partial charge is 0.328 e. The quantitative estimate of drug-likeness (QED) is 0.869. The Hall–Kier alpha value is -1.17. The molecule has 0 bridgehead atoms. The lowest BCUT2D eigenvalue weighted by Gasteiger charge is -2.42. The van der Waals surface area contributed by atoms with Gasteiger partial charge in [0.1, 0.15) is 0 Å². The minimum absolute atomic E-state index is 0.254. The van der Waals surface area contributed by atoms with Crippen molar-refractivity contribution in [2.45, 2.75) is 32.9 Å². The van der Waals surface area contributed by atoms with Gasteiger partial charge in [0.05, 0.1) is 0 Å². The van der Waals surface area contributed by atoms with Crippen molar-refractivity contribution in [2.75, 3.05) is 26.2 Å². The summed E-state index contributed by atoms with van der Waals surface area (Å²) in [6.45, 7) is 12.2. The van der Waals surface area contributed by atoms with Crippen LogP contribution in [0.3, 0.4) is 0 Å². The molecule has 0 unspecified atom stereocenters. The van der Waals surface area contributed by atoms with Gasteiger partial charge in [0, 0.05) is 49.2 Å². The van der Waals surface area contributed by atoms with Crippen molar-refractivity contribution in [1.29, 1.82) is 0 Å². The average Bonchev–Trinajstić information content (AvgIpc) is 2.83. The van der Waals surface area contributed by atoms with Crippen LogP contribution < -0.4 is 0 Å². The topological polar surface area (TPSA) is 43.8 Å². The predicted molar refractivity (Wildman–Crippen MR) is 87.6 cm³/mol. The SMILES string of the molecule is CC(C)(C)N1CCN(Cc2cc(C=CC(=O)O)cs2)CC1. The first-order valence-electron chi connectivity index (χ1n) is 7.30. The van der Waals surface area contributed by atoms with E-state index in [1.165, 1.54) is 11.0 Å². The van der Waals surface area contributed by atoms with Crippen molar-refractivity contribution in [3.63, 3.8) is 0 Å². The molecule has 2 rings (SSSR count). The number of carboxylic acids is 1. The molecule has 5 heteroatoms. The standard InChI is InChI=1S/C16H24N2O2S/c1-16(2,3)18-8-6-17(7-9-18)11-14-10-13(12-21-14)4-5-15(19)20/h4-5,10,12H,6-9,11H2,1-3H3,(H,19,20). The maximum absolute atomic E-state index is 10.5. The number of hydrogen-bond acceptors (Lipinski definition) is 4. The van der Waals surface area contributed by atoms with Crippen LogP contribution in [0.2, 0.25) is 0 Å². The second kappa shape index (κ2) is 6.73. The van der Waals surface area contributed by atoms with Crippen LogP contribution in [0.1, 0.15) is 31.2 Å². The molecule has 0 atom stereocenters.